The van der Waals surface area contributed by atoms with Gasteiger partial charge in [0.15, 0.2) is 0 Å². The Labute approximate surface area is 156 Å². The number of rotatable bonds is 6. The van der Waals surface area contributed by atoms with Crippen LogP contribution in [0.25, 0.3) is 10.8 Å². The lowest BCUT2D eigenvalue weighted by Crippen LogP contribution is -2.53. The zero-order valence-electron chi connectivity index (χ0n) is 14.9. The minimum atomic E-state index is -1.51. The largest absolute Gasteiger partial charge is 0.480 e. The van der Waals surface area contributed by atoms with Gasteiger partial charge in [0.2, 0.25) is 0 Å². The van der Waals surface area contributed by atoms with Crippen molar-refractivity contribution in [2.45, 2.75) is 25.5 Å². The van der Waals surface area contributed by atoms with Crippen LogP contribution < -0.4 is 5.32 Å². The second kappa shape index (κ2) is 7.86. The van der Waals surface area contributed by atoms with E-state index in [1.54, 1.807) is 12.4 Å². The van der Waals surface area contributed by atoms with E-state index in [0.29, 0.717) is 0 Å². The summed E-state index contributed by atoms with van der Waals surface area (Å²) in [6.45, 7) is 1.54. The van der Waals surface area contributed by atoms with Crippen molar-refractivity contribution < 1.29 is 19.4 Å². The highest BCUT2D eigenvalue weighted by Gasteiger charge is 2.36. The van der Waals surface area contributed by atoms with Crippen LogP contribution in [0.2, 0.25) is 0 Å². The van der Waals surface area contributed by atoms with Gasteiger partial charge in [-0.15, -0.1) is 0 Å². The summed E-state index contributed by atoms with van der Waals surface area (Å²) < 4.78 is 5.18. The highest BCUT2D eigenvalue weighted by atomic mass is 16.5. The van der Waals surface area contributed by atoms with E-state index in [2.05, 4.69) is 10.3 Å². The van der Waals surface area contributed by atoms with E-state index in [1.807, 2.05) is 54.6 Å². The number of hydrogen-bond acceptors (Lipinski definition) is 4. The maximum absolute atomic E-state index is 12.2. The Morgan fingerprint density at radius 3 is 2.63 bits per heavy atom. The second-order valence-corrected chi connectivity index (χ2v) is 6.51. The number of carbonyl (C=O) groups is 2. The number of carboxylic acids is 1. The molecule has 1 amide bonds. The third kappa shape index (κ3) is 4.41. The van der Waals surface area contributed by atoms with Gasteiger partial charge in [0.05, 0.1) is 0 Å². The Hall–Kier alpha value is -3.41. The lowest BCUT2D eigenvalue weighted by atomic mass is 9.90. The molecule has 0 aliphatic carbocycles. The lowest BCUT2D eigenvalue weighted by Gasteiger charge is -2.26. The number of carboxylic acid groups (broad SMARTS) is 1. The molecule has 0 fully saturated rings. The topological polar surface area (TPSA) is 88.5 Å². The smallest absolute Gasteiger partial charge is 0.408 e. The predicted octanol–water partition coefficient (Wildman–Crippen LogP) is 3.55. The van der Waals surface area contributed by atoms with Gasteiger partial charge in [-0.1, -0.05) is 48.5 Å². The number of ether oxygens (including phenoxy) is 1. The normalized spacial score (nSPS) is 12.9. The first kappa shape index (κ1) is 18.4. The van der Waals surface area contributed by atoms with E-state index in [4.69, 9.17) is 4.74 Å². The average molecular weight is 364 g/mol. The number of amides is 1. The van der Waals surface area contributed by atoms with Gasteiger partial charge in [0.1, 0.15) is 12.1 Å². The average Bonchev–Trinajstić information content (AvgIpc) is 2.67. The van der Waals surface area contributed by atoms with Gasteiger partial charge < -0.3 is 15.2 Å². The van der Waals surface area contributed by atoms with Crippen LogP contribution in [0.4, 0.5) is 4.79 Å². The van der Waals surface area contributed by atoms with Crippen molar-refractivity contribution in [3.05, 3.63) is 78.1 Å². The van der Waals surface area contributed by atoms with E-state index in [0.717, 1.165) is 21.9 Å². The summed E-state index contributed by atoms with van der Waals surface area (Å²) in [6, 6.07) is 16.6. The van der Waals surface area contributed by atoms with Crippen molar-refractivity contribution in [1.29, 1.82) is 0 Å². The van der Waals surface area contributed by atoms with E-state index >= 15 is 0 Å². The first-order chi connectivity index (χ1) is 13.0. The highest BCUT2D eigenvalue weighted by Crippen LogP contribution is 2.22. The first-order valence-corrected chi connectivity index (χ1v) is 8.52. The fourth-order valence-corrected chi connectivity index (χ4v) is 2.88. The van der Waals surface area contributed by atoms with Crippen molar-refractivity contribution in [2.75, 3.05) is 0 Å². The monoisotopic (exact) mass is 364 g/mol. The van der Waals surface area contributed by atoms with Crippen LogP contribution in [0.15, 0.2) is 67.0 Å². The number of nitrogens with one attached hydrogen (secondary N) is 1. The van der Waals surface area contributed by atoms with Gasteiger partial charge in [-0.2, -0.15) is 0 Å². The zero-order chi connectivity index (χ0) is 19.3. The van der Waals surface area contributed by atoms with Crippen LogP contribution in [-0.2, 0) is 22.6 Å². The summed E-state index contributed by atoms with van der Waals surface area (Å²) in [5.74, 6) is -1.13. The molecule has 2 N–H and O–H groups in total. The Morgan fingerprint density at radius 1 is 1.11 bits per heavy atom. The van der Waals surface area contributed by atoms with Crippen LogP contribution in [-0.4, -0.2) is 27.7 Å². The van der Waals surface area contributed by atoms with Gasteiger partial charge in [0.25, 0.3) is 0 Å². The molecule has 1 aromatic heterocycles. The van der Waals surface area contributed by atoms with Crippen LogP contribution in [0.1, 0.15) is 18.1 Å². The van der Waals surface area contributed by atoms with Crippen molar-refractivity contribution in [3.63, 3.8) is 0 Å². The van der Waals surface area contributed by atoms with Gasteiger partial charge >= 0.3 is 12.1 Å². The summed E-state index contributed by atoms with van der Waals surface area (Å²) >= 11 is 0. The molecule has 3 aromatic rings. The number of fused-ring (bicyclic) bond motifs is 1. The van der Waals surface area contributed by atoms with Crippen molar-refractivity contribution in [2.24, 2.45) is 0 Å². The third-order valence-electron chi connectivity index (χ3n) is 4.38. The highest BCUT2D eigenvalue weighted by molar-refractivity contribution is 5.88. The van der Waals surface area contributed by atoms with E-state index < -0.39 is 17.6 Å². The molecule has 3 rings (SSSR count). The number of aliphatic carboxylic acids is 1. The molecule has 0 saturated carbocycles. The molecule has 6 heteroatoms. The Kier molecular flexibility index (Phi) is 5.35. The fourth-order valence-electron chi connectivity index (χ4n) is 2.88. The molecule has 0 saturated heterocycles. The molecule has 0 spiro atoms. The second-order valence-electron chi connectivity index (χ2n) is 6.51. The molecule has 27 heavy (non-hydrogen) atoms. The third-order valence-corrected chi connectivity index (χ3v) is 4.38. The predicted molar refractivity (Wildman–Crippen MR) is 101 cm³/mol. The number of hydrogen-bond donors (Lipinski definition) is 2. The number of alkyl carbamates (subject to hydrolysis) is 1. The van der Waals surface area contributed by atoms with E-state index in [9.17, 15) is 14.7 Å². The molecule has 2 aromatic carbocycles. The Morgan fingerprint density at radius 2 is 1.89 bits per heavy atom. The minimum absolute atomic E-state index is 0.0717. The molecule has 0 bridgehead atoms. The summed E-state index contributed by atoms with van der Waals surface area (Å²) in [6.07, 6.45) is 2.72. The summed E-state index contributed by atoms with van der Waals surface area (Å²) in [4.78, 5) is 28.2. The van der Waals surface area contributed by atoms with Crippen molar-refractivity contribution in [3.8, 4) is 0 Å². The quantitative estimate of drug-likeness (QED) is 0.698. The van der Waals surface area contributed by atoms with E-state index in [1.165, 1.54) is 6.92 Å². The van der Waals surface area contributed by atoms with Crippen LogP contribution in [0.5, 0.6) is 0 Å². The Bertz CT molecular complexity index is 953. The molecule has 1 heterocycles. The van der Waals surface area contributed by atoms with Gasteiger partial charge in [0, 0.05) is 24.2 Å². The standard InChI is InChI=1S/C21H20N2O4/c1-21(19(24)25,23-20(26)27-14-15-6-3-2-4-7-15)12-16-8-5-9-17-13-22-11-10-18(16)17/h2-11,13H,12,14H2,1H3,(H,23,26)(H,24,25). The number of carbonyl (C=O) groups excluding carboxylic acids is 1. The van der Waals surface area contributed by atoms with Crippen LogP contribution in [0, 0.1) is 0 Å². The van der Waals surface area contributed by atoms with Crippen molar-refractivity contribution >= 4 is 22.8 Å². The molecular formula is C21H20N2O4. The van der Waals surface area contributed by atoms with Crippen LogP contribution in [0.3, 0.4) is 0 Å². The molecular weight excluding hydrogens is 344 g/mol. The maximum atomic E-state index is 12.2. The van der Waals surface area contributed by atoms with E-state index in [-0.39, 0.29) is 13.0 Å². The number of pyridine rings is 1. The fraction of sp³-hybridized carbons (Fsp3) is 0.190. The minimum Gasteiger partial charge on any atom is -0.480 e. The van der Waals surface area contributed by atoms with Gasteiger partial charge in [-0.25, -0.2) is 9.59 Å². The summed E-state index contributed by atoms with van der Waals surface area (Å²) in [5.41, 5.74) is 0.125. The SMILES string of the molecule is CC(Cc1cccc2cnccc12)(NC(=O)OCc1ccccc1)C(=O)O. The molecule has 1 unspecified atom stereocenters. The number of aromatic nitrogens is 1. The molecule has 138 valence electrons. The molecule has 0 radical (unpaired) electrons. The maximum Gasteiger partial charge on any atom is 0.408 e. The van der Waals surface area contributed by atoms with Gasteiger partial charge in [-0.3, -0.25) is 4.98 Å². The number of benzene rings is 2. The molecule has 0 aliphatic heterocycles. The lowest BCUT2D eigenvalue weighted by molar-refractivity contribution is -0.143. The molecule has 6 nitrogen and oxygen atoms in total. The number of nitrogens with zero attached hydrogens (tertiary/aromatic N) is 1. The Balaban J connectivity index is 1.75. The molecule has 0 aliphatic rings. The molecule has 1 atom stereocenters. The van der Waals surface area contributed by atoms with Gasteiger partial charge in [-0.05, 0) is 29.5 Å². The zero-order valence-corrected chi connectivity index (χ0v) is 14.9. The van der Waals surface area contributed by atoms with Crippen molar-refractivity contribution in [1.82, 2.24) is 10.3 Å². The summed E-state index contributed by atoms with van der Waals surface area (Å²) in [5, 5.41) is 14.0. The first-order valence-electron chi connectivity index (χ1n) is 8.52. The van der Waals surface area contributed by atoms with Crippen LogP contribution >= 0.6 is 0 Å². The summed E-state index contributed by atoms with van der Waals surface area (Å²) in [7, 11) is 0.